The molecule has 1 aromatic heterocycles. The van der Waals surface area contributed by atoms with Crippen molar-refractivity contribution in [3.63, 3.8) is 0 Å². The number of rotatable bonds is 6. The van der Waals surface area contributed by atoms with Gasteiger partial charge in [-0.1, -0.05) is 12.8 Å². The average molecular weight is 350 g/mol. The van der Waals surface area contributed by atoms with Crippen molar-refractivity contribution in [2.24, 2.45) is 0 Å². The number of esters is 2. The Balaban J connectivity index is 2.04. The Morgan fingerprint density at radius 2 is 1.84 bits per heavy atom. The van der Waals surface area contributed by atoms with E-state index in [-0.39, 0.29) is 29.8 Å². The number of hydrogen-bond donors (Lipinski definition) is 2. The summed E-state index contributed by atoms with van der Waals surface area (Å²) >= 11 is 0. The third kappa shape index (κ3) is 4.41. The highest BCUT2D eigenvalue weighted by atomic mass is 16.5. The number of hydrogen-bond acceptors (Lipinski definition) is 5. The lowest BCUT2D eigenvalue weighted by atomic mass is 10.1. The van der Waals surface area contributed by atoms with E-state index in [1.54, 1.807) is 27.7 Å². The zero-order chi connectivity index (χ0) is 18.6. The van der Waals surface area contributed by atoms with Crippen molar-refractivity contribution in [1.29, 1.82) is 0 Å². The molecule has 1 heterocycles. The zero-order valence-electron chi connectivity index (χ0n) is 15.2. The van der Waals surface area contributed by atoms with Gasteiger partial charge in [-0.05, 0) is 46.1 Å². The summed E-state index contributed by atoms with van der Waals surface area (Å²) < 4.78 is 10.3. The van der Waals surface area contributed by atoms with E-state index in [1.165, 1.54) is 0 Å². The van der Waals surface area contributed by atoms with Crippen molar-refractivity contribution < 1.29 is 23.9 Å². The number of aromatic amines is 1. The van der Waals surface area contributed by atoms with Crippen molar-refractivity contribution in [1.82, 2.24) is 10.3 Å². The van der Waals surface area contributed by atoms with Crippen LogP contribution in [0.5, 0.6) is 0 Å². The molecule has 7 heteroatoms. The lowest BCUT2D eigenvalue weighted by Gasteiger charge is -2.17. The minimum atomic E-state index is -0.896. The summed E-state index contributed by atoms with van der Waals surface area (Å²) in [5.41, 5.74) is 1.47. The maximum Gasteiger partial charge on any atom is 0.355 e. The van der Waals surface area contributed by atoms with Gasteiger partial charge in [-0.15, -0.1) is 0 Å². The van der Waals surface area contributed by atoms with E-state index < -0.39 is 18.0 Å². The van der Waals surface area contributed by atoms with Gasteiger partial charge in [0.15, 0.2) is 6.10 Å². The number of carbonyl (C=O) groups is 3. The van der Waals surface area contributed by atoms with Crippen LogP contribution in [-0.2, 0) is 14.3 Å². The second-order valence-electron chi connectivity index (χ2n) is 6.38. The van der Waals surface area contributed by atoms with Crippen LogP contribution in [0.4, 0.5) is 0 Å². The number of amides is 1. The van der Waals surface area contributed by atoms with Gasteiger partial charge in [0.2, 0.25) is 0 Å². The third-order valence-electron chi connectivity index (χ3n) is 4.48. The molecule has 0 spiro atoms. The first-order chi connectivity index (χ1) is 11.8. The number of aryl methyl sites for hydroxylation is 1. The van der Waals surface area contributed by atoms with Crippen LogP contribution < -0.4 is 5.32 Å². The summed E-state index contributed by atoms with van der Waals surface area (Å²) in [5.74, 6) is -1.44. The maximum atomic E-state index is 12.5. The van der Waals surface area contributed by atoms with E-state index in [0.29, 0.717) is 11.3 Å². The first kappa shape index (κ1) is 19.0. The Morgan fingerprint density at radius 3 is 2.44 bits per heavy atom. The van der Waals surface area contributed by atoms with E-state index in [4.69, 9.17) is 9.47 Å². The lowest BCUT2D eigenvalue weighted by Crippen LogP contribution is -2.40. The molecule has 0 bridgehead atoms. The fourth-order valence-corrected chi connectivity index (χ4v) is 3.13. The number of H-pyrrole nitrogens is 1. The molecule has 0 aromatic carbocycles. The number of aromatic nitrogens is 1. The highest BCUT2D eigenvalue weighted by Crippen LogP contribution is 2.21. The molecule has 2 rings (SSSR count). The number of carbonyl (C=O) groups excluding carboxylic acids is 3. The van der Waals surface area contributed by atoms with Gasteiger partial charge in [-0.25, -0.2) is 9.59 Å². The zero-order valence-corrected chi connectivity index (χ0v) is 15.2. The molecule has 1 atom stereocenters. The second kappa shape index (κ2) is 8.18. The monoisotopic (exact) mass is 350 g/mol. The molecular formula is C18H26N2O5. The summed E-state index contributed by atoms with van der Waals surface area (Å²) in [4.78, 5) is 39.4. The SMILES string of the molecule is CCOC(=O)c1[nH]c(C)c(C(=O)OC(C)C(=O)NC2CCCC2)c1C. The molecule has 0 aliphatic heterocycles. The molecule has 25 heavy (non-hydrogen) atoms. The van der Waals surface area contributed by atoms with Gasteiger partial charge in [-0.3, -0.25) is 4.79 Å². The van der Waals surface area contributed by atoms with Gasteiger partial charge in [-0.2, -0.15) is 0 Å². The molecule has 1 amide bonds. The van der Waals surface area contributed by atoms with Crippen molar-refractivity contribution in [3.05, 3.63) is 22.5 Å². The van der Waals surface area contributed by atoms with Gasteiger partial charge in [0.25, 0.3) is 5.91 Å². The van der Waals surface area contributed by atoms with Crippen LogP contribution in [0.3, 0.4) is 0 Å². The van der Waals surface area contributed by atoms with Crippen molar-refractivity contribution >= 4 is 17.8 Å². The molecule has 0 radical (unpaired) electrons. The Bertz CT molecular complexity index is 659. The third-order valence-corrected chi connectivity index (χ3v) is 4.48. The summed E-state index contributed by atoms with van der Waals surface area (Å²) in [5, 5.41) is 2.91. The van der Waals surface area contributed by atoms with E-state index in [0.717, 1.165) is 25.7 Å². The van der Waals surface area contributed by atoms with Crippen molar-refractivity contribution in [2.45, 2.75) is 65.5 Å². The van der Waals surface area contributed by atoms with E-state index in [2.05, 4.69) is 10.3 Å². The Hall–Kier alpha value is -2.31. The lowest BCUT2D eigenvalue weighted by molar-refractivity contribution is -0.129. The molecular weight excluding hydrogens is 324 g/mol. The normalized spacial score (nSPS) is 15.7. The van der Waals surface area contributed by atoms with Gasteiger partial charge < -0.3 is 19.8 Å². The highest BCUT2D eigenvalue weighted by Gasteiger charge is 2.27. The van der Waals surface area contributed by atoms with Crippen LogP contribution in [0.1, 0.15) is 71.6 Å². The molecule has 7 nitrogen and oxygen atoms in total. The highest BCUT2D eigenvalue weighted by molar-refractivity contribution is 5.99. The minimum Gasteiger partial charge on any atom is -0.461 e. The molecule has 0 saturated heterocycles. The van der Waals surface area contributed by atoms with Crippen molar-refractivity contribution in [2.75, 3.05) is 6.61 Å². The first-order valence-corrected chi connectivity index (χ1v) is 8.72. The van der Waals surface area contributed by atoms with Crippen LogP contribution >= 0.6 is 0 Å². The van der Waals surface area contributed by atoms with Gasteiger partial charge in [0.1, 0.15) is 5.69 Å². The topological polar surface area (TPSA) is 97.5 Å². The molecule has 1 aliphatic carbocycles. The minimum absolute atomic E-state index is 0.166. The Labute approximate surface area is 147 Å². The van der Waals surface area contributed by atoms with Crippen molar-refractivity contribution in [3.8, 4) is 0 Å². The average Bonchev–Trinajstić information content (AvgIpc) is 3.15. The van der Waals surface area contributed by atoms with Crippen LogP contribution in [0, 0.1) is 13.8 Å². The standard InChI is InChI=1S/C18H26N2O5/c1-5-24-18(23)15-10(2)14(11(3)19-15)17(22)25-12(4)16(21)20-13-8-6-7-9-13/h12-13,19H,5-9H2,1-4H3,(H,20,21). The second-order valence-corrected chi connectivity index (χ2v) is 6.38. The molecule has 1 fully saturated rings. The number of ether oxygens (including phenoxy) is 2. The Kier molecular flexibility index (Phi) is 6.22. The van der Waals surface area contributed by atoms with E-state index >= 15 is 0 Å². The fraction of sp³-hybridized carbons (Fsp3) is 0.611. The predicted octanol–water partition coefficient (Wildman–Crippen LogP) is 2.41. The Morgan fingerprint density at radius 1 is 1.20 bits per heavy atom. The van der Waals surface area contributed by atoms with E-state index in [9.17, 15) is 14.4 Å². The maximum absolute atomic E-state index is 12.5. The smallest absolute Gasteiger partial charge is 0.355 e. The molecule has 1 saturated carbocycles. The largest absolute Gasteiger partial charge is 0.461 e. The van der Waals surface area contributed by atoms with Crippen LogP contribution in [0.15, 0.2) is 0 Å². The van der Waals surface area contributed by atoms with Crippen LogP contribution in [-0.4, -0.2) is 41.6 Å². The quantitative estimate of drug-likeness (QED) is 0.768. The van der Waals surface area contributed by atoms with Crippen LogP contribution in [0.2, 0.25) is 0 Å². The molecule has 138 valence electrons. The van der Waals surface area contributed by atoms with E-state index in [1.807, 2.05) is 0 Å². The summed E-state index contributed by atoms with van der Waals surface area (Å²) in [6.45, 7) is 6.83. The summed E-state index contributed by atoms with van der Waals surface area (Å²) in [6.07, 6.45) is 3.25. The van der Waals surface area contributed by atoms with Gasteiger partial charge in [0.05, 0.1) is 12.2 Å². The molecule has 1 unspecified atom stereocenters. The fourth-order valence-electron chi connectivity index (χ4n) is 3.13. The molecule has 1 aromatic rings. The summed E-state index contributed by atoms with van der Waals surface area (Å²) in [6, 6.07) is 0.166. The molecule has 2 N–H and O–H groups in total. The van der Waals surface area contributed by atoms with Crippen LogP contribution in [0.25, 0.3) is 0 Å². The number of nitrogens with one attached hydrogen (secondary N) is 2. The van der Waals surface area contributed by atoms with Gasteiger partial charge in [0, 0.05) is 11.7 Å². The predicted molar refractivity (Wildman–Crippen MR) is 91.5 cm³/mol. The summed E-state index contributed by atoms with van der Waals surface area (Å²) in [7, 11) is 0. The molecule has 1 aliphatic rings. The first-order valence-electron chi connectivity index (χ1n) is 8.72. The van der Waals surface area contributed by atoms with Gasteiger partial charge >= 0.3 is 11.9 Å².